The number of hydrogen-bond acceptors (Lipinski definition) is 4. The van der Waals surface area contributed by atoms with Crippen molar-refractivity contribution >= 4 is 5.91 Å². The number of ether oxygens (including phenoxy) is 1. The summed E-state index contributed by atoms with van der Waals surface area (Å²) in [5, 5.41) is 3.33. The standard InChI is InChI=1S/C15H22N4O2/c1-21-14-9-2-3-10(14)7-19(6-9)15(20)13-12-11(4-5-16-13)17-8-18-12/h8-10,13-14,16H,2-7H2,1H3,(H,17,18)/t9-,10+,13?,14?. The maximum absolute atomic E-state index is 12.9. The second-order valence-electron chi connectivity index (χ2n) is 6.44. The summed E-state index contributed by atoms with van der Waals surface area (Å²) in [4.78, 5) is 22.4. The first-order chi connectivity index (χ1) is 10.3. The van der Waals surface area contributed by atoms with Gasteiger partial charge in [-0.15, -0.1) is 0 Å². The van der Waals surface area contributed by atoms with Crippen LogP contribution in [-0.2, 0) is 16.0 Å². The van der Waals surface area contributed by atoms with Crippen LogP contribution in [0.2, 0.25) is 0 Å². The quantitative estimate of drug-likeness (QED) is 0.831. The summed E-state index contributed by atoms with van der Waals surface area (Å²) < 4.78 is 5.62. The van der Waals surface area contributed by atoms with Gasteiger partial charge in [0.15, 0.2) is 0 Å². The number of fused-ring (bicyclic) bond motifs is 3. The molecule has 114 valence electrons. The molecule has 21 heavy (non-hydrogen) atoms. The Morgan fingerprint density at radius 1 is 1.38 bits per heavy atom. The van der Waals surface area contributed by atoms with Gasteiger partial charge in [-0.3, -0.25) is 4.79 Å². The number of aromatic amines is 1. The number of imidazole rings is 1. The number of amides is 1. The molecule has 1 saturated carbocycles. The lowest BCUT2D eigenvalue weighted by Crippen LogP contribution is -2.52. The minimum absolute atomic E-state index is 0.175. The number of aromatic nitrogens is 2. The number of rotatable bonds is 2. The lowest BCUT2D eigenvalue weighted by Gasteiger charge is -2.39. The van der Waals surface area contributed by atoms with Crippen LogP contribution in [0.5, 0.6) is 0 Å². The summed E-state index contributed by atoms with van der Waals surface area (Å²) in [5.41, 5.74) is 1.98. The van der Waals surface area contributed by atoms with E-state index in [1.54, 1.807) is 13.4 Å². The molecule has 1 aliphatic carbocycles. The molecule has 0 aromatic carbocycles. The Labute approximate surface area is 124 Å². The maximum Gasteiger partial charge on any atom is 0.246 e. The molecule has 2 aliphatic heterocycles. The first kappa shape index (κ1) is 13.3. The number of methoxy groups -OCH3 is 1. The molecule has 2 N–H and O–H groups in total. The normalized spacial score (nSPS) is 34.8. The molecule has 4 atom stereocenters. The van der Waals surface area contributed by atoms with Crippen molar-refractivity contribution in [1.29, 1.82) is 0 Å². The van der Waals surface area contributed by atoms with Crippen molar-refractivity contribution in [2.24, 2.45) is 11.8 Å². The van der Waals surface area contributed by atoms with E-state index in [1.165, 1.54) is 12.8 Å². The zero-order chi connectivity index (χ0) is 14.4. The summed E-state index contributed by atoms with van der Waals surface area (Å²) in [6.45, 7) is 2.48. The van der Waals surface area contributed by atoms with Gasteiger partial charge in [0.05, 0.1) is 18.1 Å². The Hall–Kier alpha value is -1.40. The summed E-state index contributed by atoms with van der Waals surface area (Å²) in [5.74, 6) is 1.18. The van der Waals surface area contributed by atoms with E-state index in [9.17, 15) is 4.79 Å². The molecule has 2 unspecified atom stereocenters. The van der Waals surface area contributed by atoms with Crippen molar-refractivity contribution in [2.75, 3.05) is 26.7 Å². The predicted octanol–water partition coefficient (Wildman–Crippen LogP) is 0.480. The summed E-state index contributed by atoms with van der Waals surface area (Å²) in [6, 6.07) is -0.279. The van der Waals surface area contributed by atoms with Crippen LogP contribution in [0.3, 0.4) is 0 Å². The smallest absolute Gasteiger partial charge is 0.246 e. The van der Waals surface area contributed by atoms with E-state index in [0.29, 0.717) is 17.9 Å². The Balaban J connectivity index is 1.52. The Morgan fingerprint density at radius 3 is 2.86 bits per heavy atom. The lowest BCUT2D eigenvalue weighted by molar-refractivity contribution is -0.139. The van der Waals surface area contributed by atoms with Crippen LogP contribution in [0, 0.1) is 11.8 Å². The third-order valence-electron chi connectivity index (χ3n) is 5.33. The average Bonchev–Trinajstić information content (AvgIpc) is 3.08. The Bertz CT molecular complexity index is 530. The molecule has 3 aliphatic rings. The molecule has 6 nitrogen and oxygen atoms in total. The van der Waals surface area contributed by atoms with E-state index in [2.05, 4.69) is 15.3 Å². The van der Waals surface area contributed by atoms with Gasteiger partial charge < -0.3 is 19.9 Å². The van der Waals surface area contributed by atoms with E-state index in [4.69, 9.17) is 4.74 Å². The van der Waals surface area contributed by atoms with Crippen LogP contribution in [-0.4, -0.2) is 53.6 Å². The van der Waals surface area contributed by atoms with E-state index >= 15 is 0 Å². The third kappa shape index (κ3) is 2.08. The van der Waals surface area contributed by atoms with Crippen molar-refractivity contribution in [3.63, 3.8) is 0 Å². The van der Waals surface area contributed by atoms with E-state index in [0.717, 1.165) is 37.4 Å². The molecule has 6 heteroatoms. The fraction of sp³-hybridized carbons (Fsp3) is 0.733. The van der Waals surface area contributed by atoms with Gasteiger partial charge in [-0.1, -0.05) is 0 Å². The second-order valence-corrected chi connectivity index (χ2v) is 6.44. The highest BCUT2D eigenvalue weighted by atomic mass is 16.5. The minimum atomic E-state index is -0.279. The van der Waals surface area contributed by atoms with Gasteiger partial charge >= 0.3 is 0 Å². The van der Waals surface area contributed by atoms with Gasteiger partial charge in [0.2, 0.25) is 5.91 Å². The van der Waals surface area contributed by atoms with Crippen molar-refractivity contribution in [3.05, 3.63) is 17.7 Å². The second kappa shape index (κ2) is 5.10. The van der Waals surface area contributed by atoms with Gasteiger partial charge in [-0.2, -0.15) is 0 Å². The first-order valence-corrected chi connectivity index (χ1v) is 7.85. The number of carbonyl (C=O) groups is 1. The SMILES string of the molecule is COC1[C@@H]2CC[C@H]1CN(C(=O)C1NCCc3[nH]cnc31)C2. The molecular weight excluding hydrogens is 268 g/mol. The Kier molecular flexibility index (Phi) is 3.23. The fourth-order valence-electron chi connectivity index (χ4n) is 4.34. The van der Waals surface area contributed by atoms with E-state index in [-0.39, 0.29) is 11.9 Å². The van der Waals surface area contributed by atoms with Crippen LogP contribution in [0.15, 0.2) is 6.33 Å². The fourth-order valence-corrected chi connectivity index (χ4v) is 4.34. The number of carbonyl (C=O) groups excluding carboxylic acids is 1. The lowest BCUT2D eigenvalue weighted by atomic mass is 9.93. The minimum Gasteiger partial charge on any atom is -0.381 e. The van der Waals surface area contributed by atoms with Gasteiger partial charge in [0, 0.05) is 50.7 Å². The molecule has 1 saturated heterocycles. The van der Waals surface area contributed by atoms with Crippen LogP contribution in [0.25, 0.3) is 0 Å². The molecule has 0 radical (unpaired) electrons. The predicted molar refractivity (Wildman–Crippen MR) is 76.6 cm³/mol. The molecule has 0 spiro atoms. The first-order valence-electron chi connectivity index (χ1n) is 7.85. The third-order valence-corrected chi connectivity index (χ3v) is 5.33. The molecule has 1 aromatic rings. The number of nitrogens with one attached hydrogen (secondary N) is 2. The molecule has 2 fully saturated rings. The molecule has 4 rings (SSSR count). The van der Waals surface area contributed by atoms with Crippen LogP contribution < -0.4 is 5.32 Å². The number of nitrogens with zero attached hydrogens (tertiary/aromatic N) is 2. The van der Waals surface area contributed by atoms with Crippen molar-refractivity contribution in [3.8, 4) is 0 Å². The van der Waals surface area contributed by atoms with Gasteiger partial charge in [-0.25, -0.2) is 4.98 Å². The van der Waals surface area contributed by atoms with Crippen molar-refractivity contribution in [2.45, 2.75) is 31.4 Å². The summed E-state index contributed by atoms with van der Waals surface area (Å²) in [7, 11) is 1.80. The highest BCUT2D eigenvalue weighted by molar-refractivity contribution is 5.83. The van der Waals surface area contributed by atoms with Gasteiger partial charge in [0.25, 0.3) is 0 Å². The summed E-state index contributed by atoms with van der Waals surface area (Å²) in [6.07, 6.45) is 5.31. The number of H-pyrrole nitrogens is 1. The molecule has 1 amide bonds. The molecule has 1 aromatic heterocycles. The molecular formula is C15H22N4O2. The van der Waals surface area contributed by atoms with Crippen molar-refractivity contribution < 1.29 is 9.53 Å². The molecule has 2 bridgehead atoms. The zero-order valence-corrected chi connectivity index (χ0v) is 12.3. The highest BCUT2D eigenvalue weighted by Gasteiger charge is 2.45. The van der Waals surface area contributed by atoms with Crippen LogP contribution in [0.4, 0.5) is 0 Å². The van der Waals surface area contributed by atoms with Crippen molar-refractivity contribution in [1.82, 2.24) is 20.2 Å². The topological polar surface area (TPSA) is 70.2 Å². The van der Waals surface area contributed by atoms with E-state index < -0.39 is 0 Å². The zero-order valence-electron chi connectivity index (χ0n) is 12.3. The monoisotopic (exact) mass is 290 g/mol. The van der Waals surface area contributed by atoms with Gasteiger partial charge in [-0.05, 0) is 12.8 Å². The van der Waals surface area contributed by atoms with E-state index in [1.807, 2.05) is 4.90 Å². The molecule has 3 heterocycles. The van der Waals surface area contributed by atoms with Crippen LogP contribution >= 0.6 is 0 Å². The average molecular weight is 290 g/mol. The summed E-state index contributed by atoms with van der Waals surface area (Å²) >= 11 is 0. The number of piperidine rings is 1. The van der Waals surface area contributed by atoms with Crippen LogP contribution in [0.1, 0.15) is 30.3 Å². The largest absolute Gasteiger partial charge is 0.381 e. The Morgan fingerprint density at radius 2 is 2.14 bits per heavy atom. The maximum atomic E-state index is 12.9. The highest BCUT2D eigenvalue weighted by Crippen LogP contribution is 2.39. The number of hydrogen-bond donors (Lipinski definition) is 2. The number of likely N-dealkylation sites (tertiary alicyclic amines) is 1. The van der Waals surface area contributed by atoms with Gasteiger partial charge in [0.1, 0.15) is 6.04 Å².